The van der Waals surface area contributed by atoms with Gasteiger partial charge in [0.25, 0.3) is 0 Å². The molecule has 4 saturated carbocycles. The minimum Gasteiger partial charge on any atom is -0.0528 e. The van der Waals surface area contributed by atoms with Crippen LogP contribution in [-0.4, -0.2) is 0 Å². The summed E-state index contributed by atoms with van der Waals surface area (Å²) < 4.78 is 0. The van der Waals surface area contributed by atoms with Crippen LogP contribution in [-0.2, 0) is 0 Å². The van der Waals surface area contributed by atoms with Crippen molar-refractivity contribution < 1.29 is 0 Å². The predicted octanol–water partition coefficient (Wildman–Crippen LogP) is 4.00. The molecule has 0 heteroatoms. The maximum atomic E-state index is 1.63. The van der Waals surface area contributed by atoms with E-state index in [1.165, 1.54) is 24.2 Å². The molecule has 4 aliphatic carbocycles. The fraction of sp³-hybridized carbons (Fsp3) is 1.00. The average molecular weight is 190 g/mol. The lowest BCUT2D eigenvalue weighted by Gasteiger charge is -2.68. The molecular formula is C14H22. The molecule has 14 heavy (non-hydrogen) atoms. The van der Waals surface area contributed by atoms with Gasteiger partial charge in [0.05, 0.1) is 0 Å². The summed E-state index contributed by atoms with van der Waals surface area (Å²) in [5.41, 5.74) is 0.954. The molecule has 0 aromatic rings. The molecule has 78 valence electrons. The summed E-state index contributed by atoms with van der Waals surface area (Å²) in [6.07, 6.45) is 14.4. The minimum atomic E-state index is 0.954. The topological polar surface area (TPSA) is 0 Å². The van der Waals surface area contributed by atoms with Crippen molar-refractivity contribution in [2.45, 2.75) is 57.8 Å². The highest BCUT2D eigenvalue weighted by Gasteiger charge is 2.67. The zero-order valence-electron chi connectivity index (χ0n) is 9.17. The van der Waals surface area contributed by atoms with E-state index in [1.807, 2.05) is 0 Å². The Labute approximate surface area is 87.5 Å². The smallest absolute Gasteiger partial charge is 0.0212 e. The maximum Gasteiger partial charge on any atom is -0.0212 e. The van der Waals surface area contributed by atoms with Crippen LogP contribution in [0.25, 0.3) is 0 Å². The summed E-state index contributed by atoms with van der Waals surface area (Å²) >= 11 is 0. The molecule has 0 nitrogen and oxygen atoms in total. The highest BCUT2D eigenvalue weighted by atomic mass is 14.7. The first-order valence-corrected chi connectivity index (χ1v) is 6.89. The van der Waals surface area contributed by atoms with Crippen molar-refractivity contribution in [3.8, 4) is 0 Å². The molecule has 0 N–H and O–H groups in total. The third-order valence-electron chi connectivity index (χ3n) is 6.42. The lowest BCUT2D eigenvalue weighted by atomic mass is 9.37. The molecule has 0 aromatic carbocycles. The van der Waals surface area contributed by atoms with E-state index in [1.54, 1.807) is 51.4 Å². The molecule has 4 fully saturated rings. The van der Waals surface area contributed by atoms with Gasteiger partial charge in [-0.05, 0) is 61.2 Å². The molecule has 0 radical (unpaired) electrons. The van der Waals surface area contributed by atoms with Crippen LogP contribution in [0.5, 0.6) is 0 Å². The number of rotatable bonds is 2. The van der Waals surface area contributed by atoms with Crippen LogP contribution in [0, 0.1) is 29.1 Å². The Bertz CT molecular complexity index is 253. The van der Waals surface area contributed by atoms with E-state index < -0.39 is 0 Å². The standard InChI is InChI=1S/C14H22/c1-3-10(4-1)7-12-9-13-8-11-5-2-6-14(11,12)13/h10-13H,1-9H2/t11-,12+,13-,14?/m1/s1. The van der Waals surface area contributed by atoms with Gasteiger partial charge in [-0.15, -0.1) is 0 Å². The first-order chi connectivity index (χ1) is 6.89. The molecule has 4 rings (SSSR count). The lowest BCUT2D eigenvalue weighted by molar-refractivity contribution is -0.188. The Balaban J connectivity index is 1.48. The molecule has 0 saturated heterocycles. The SMILES string of the molecule is C1CC(C[C@H]2C[C@H]3C[C@H]4CCCC342)C1. The fourth-order valence-corrected chi connectivity index (χ4v) is 5.44. The Morgan fingerprint density at radius 3 is 2.50 bits per heavy atom. The largest absolute Gasteiger partial charge is 0.0528 e. The quantitative estimate of drug-likeness (QED) is 0.617. The highest BCUT2D eigenvalue weighted by molar-refractivity contribution is 5.16. The van der Waals surface area contributed by atoms with Gasteiger partial charge in [0, 0.05) is 0 Å². The zero-order chi connectivity index (χ0) is 9.17. The maximum absolute atomic E-state index is 1.63. The summed E-state index contributed by atoms with van der Waals surface area (Å²) in [4.78, 5) is 0. The van der Waals surface area contributed by atoms with E-state index in [-0.39, 0.29) is 0 Å². The van der Waals surface area contributed by atoms with E-state index >= 15 is 0 Å². The highest BCUT2D eigenvalue weighted by Crippen LogP contribution is 2.75. The van der Waals surface area contributed by atoms with Crippen molar-refractivity contribution in [2.75, 3.05) is 0 Å². The average Bonchev–Trinajstić information content (AvgIpc) is 2.49. The van der Waals surface area contributed by atoms with E-state index in [2.05, 4.69) is 0 Å². The molecule has 1 spiro atoms. The Morgan fingerprint density at radius 1 is 0.929 bits per heavy atom. The second-order valence-electron chi connectivity index (χ2n) is 6.60. The van der Waals surface area contributed by atoms with E-state index in [9.17, 15) is 0 Å². The molecule has 4 aliphatic rings. The van der Waals surface area contributed by atoms with Gasteiger partial charge < -0.3 is 0 Å². The molecule has 0 heterocycles. The molecule has 0 aromatic heterocycles. The third-order valence-corrected chi connectivity index (χ3v) is 6.42. The summed E-state index contributed by atoms with van der Waals surface area (Å²) in [5.74, 6) is 4.77. The molecule has 0 amide bonds. The molecule has 4 atom stereocenters. The van der Waals surface area contributed by atoms with Gasteiger partial charge in [-0.3, -0.25) is 0 Å². The van der Waals surface area contributed by atoms with Crippen molar-refractivity contribution in [3.05, 3.63) is 0 Å². The molecular weight excluding hydrogens is 168 g/mol. The van der Waals surface area contributed by atoms with Gasteiger partial charge >= 0.3 is 0 Å². The van der Waals surface area contributed by atoms with E-state index in [4.69, 9.17) is 0 Å². The van der Waals surface area contributed by atoms with Crippen molar-refractivity contribution in [2.24, 2.45) is 29.1 Å². The van der Waals surface area contributed by atoms with Gasteiger partial charge in [0.2, 0.25) is 0 Å². The Morgan fingerprint density at radius 2 is 1.86 bits per heavy atom. The van der Waals surface area contributed by atoms with Crippen molar-refractivity contribution >= 4 is 0 Å². The first-order valence-electron chi connectivity index (χ1n) is 6.89. The zero-order valence-corrected chi connectivity index (χ0v) is 9.17. The number of hydrogen-bond acceptors (Lipinski definition) is 0. The van der Waals surface area contributed by atoms with Gasteiger partial charge in [0.1, 0.15) is 0 Å². The van der Waals surface area contributed by atoms with Crippen molar-refractivity contribution in [1.82, 2.24) is 0 Å². The van der Waals surface area contributed by atoms with Crippen LogP contribution in [0.15, 0.2) is 0 Å². The molecule has 1 unspecified atom stereocenters. The van der Waals surface area contributed by atoms with Gasteiger partial charge in [-0.2, -0.15) is 0 Å². The van der Waals surface area contributed by atoms with Crippen molar-refractivity contribution in [3.63, 3.8) is 0 Å². The normalized spacial score (nSPS) is 55.3. The first kappa shape index (κ1) is 8.19. The van der Waals surface area contributed by atoms with E-state index in [0.717, 1.165) is 11.3 Å². The second-order valence-corrected chi connectivity index (χ2v) is 6.60. The van der Waals surface area contributed by atoms with Crippen LogP contribution in [0.2, 0.25) is 0 Å². The van der Waals surface area contributed by atoms with E-state index in [0.29, 0.717) is 0 Å². The summed E-state index contributed by atoms with van der Waals surface area (Å²) in [5, 5.41) is 0. The Kier molecular flexibility index (Phi) is 1.50. The predicted molar refractivity (Wildman–Crippen MR) is 57.9 cm³/mol. The minimum absolute atomic E-state index is 0.954. The Hall–Kier alpha value is 0. The van der Waals surface area contributed by atoms with Gasteiger partial charge in [0.15, 0.2) is 0 Å². The van der Waals surface area contributed by atoms with Crippen LogP contribution >= 0.6 is 0 Å². The number of hydrogen-bond donors (Lipinski definition) is 0. The summed E-state index contributed by atoms with van der Waals surface area (Å²) in [6, 6.07) is 0. The second kappa shape index (κ2) is 2.57. The van der Waals surface area contributed by atoms with Crippen LogP contribution in [0.4, 0.5) is 0 Å². The summed E-state index contributed by atoms with van der Waals surface area (Å²) in [7, 11) is 0. The lowest BCUT2D eigenvalue weighted by Crippen LogP contribution is -2.60. The third kappa shape index (κ3) is 0.785. The van der Waals surface area contributed by atoms with Gasteiger partial charge in [-0.1, -0.05) is 25.7 Å². The molecule has 0 aliphatic heterocycles. The van der Waals surface area contributed by atoms with Crippen LogP contribution in [0.3, 0.4) is 0 Å². The van der Waals surface area contributed by atoms with Gasteiger partial charge in [-0.25, -0.2) is 0 Å². The summed E-state index contributed by atoms with van der Waals surface area (Å²) in [6.45, 7) is 0. The fourth-order valence-electron chi connectivity index (χ4n) is 5.44. The monoisotopic (exact) mass is 190 g/mol. The van der Waals surface area contributed by atoms with Crippen LogP contribution < -0.4 is 0 Å². The molecule has 0 bridgehead atoms. The van der Waals surface area contributed by atoms with Crippen LogP contribution in [0.1, 0.15) is 57.8 Å². The van der Waals surface area contributed by atoms with Crippen molar-refractivity contribution in [1.29, 1.82) is 0 Å².